The van der Waals surface area contributed by atoms with Crippen LogP contribution in [-0.4, -0.2) is 11.0 Å². The molecule has 1 aromatic rings. The molecule has 1 aliphatic carbocycles. The molecular weight excluding hydrogens is 240 g/mol. The molecule has 0 radical (unpaired) electrons. The van der Waals surface area contributed by atoms with Crippen molar-refractivity contribution in [2.75, 3.05) is 0 Å². The average molecular weight is 253 g/mol. The fourth-order valence-electron chi connectivity index (χ4n) is 1.91. The maximum atomic E-state index is 10.9. The molecule has 1 N–H and O–H groups in total. The molecule has 1 aliphatic rings. The minimum Gasteiger partial charge on any atom is -0.309 e. The molecule has 0 fully saturated rings. The van der Waals surface area contributed by atoms with Gasteiger partial charge in [0.1, 0.15) is 0 Å². The molecule has 0 amide bonds. The van der Waals surface area contributed by atoms with Crippen LogP contribution in [0.3, 0.4) is 0 Å². The molecule has 17 heavy (non-hydrogen) atoms. The van der Waals surface area contributed by atoms with Crippen molar-refractivity contribution in [1.82, 2.24) is 5.32 Å². The first-order valence-corrected chi connectivity index (χ1v) is 5.86. The molecule has 90 valence electrons. The molecule has 4 nitrogen and oxygen atoms in total. The van der Waals surface area contributed by atoms with E-state index in [4.69, 9.17) is 11.6 Å². The molecule has 2 rings (SSSR count). The van der Waals surface area contributed by atoms with Gasteiger partial charge in [0.05, 0.1) is 4.92 Å². The zero-order chi connectivity index (χ0) is 12.3. The van der Waals surface area contributed by atoms with Gasteiger partial charge in [-0.1, -0.05) is 23.8 Å². The lowest BCUT2D eigenvalue weighted by atomic mass is 10.1. The summed E-state index contributed by atoms with van der Waals surface area (Å²) in [5.41, 5.74) is 0.752. The Morgan fingerprint density at radius 3 is 2.76 bits per heavy atom. The van der Waals surface area contributed by atoms with E-state index < -0.39 is 0 Å². The summed E-state index contributed by atoms with van der Waals surface area (Å²) in [5.74, 6) is 0. The van der Waals surface area contributed by atoms with Crippen LogP contribution in [0.4, 0.5) is 5.69 Å². The number of rotatable bonds is 4. The van der Waals surface area contributed by atoms with Crippen molar-refractivity contribution >= 4 is 17.3 Å². The molecule has 0 saturated carbocycles. The minimum atomic E-state index is -0.375. The molecular formula is C12H13ClN2O2. The topological polar surface area (TPSA) is 55.2 Å². The summed E-state index contributed by atoms with van der Waals surface area (Å²) in [5, 5.41) is 14.7. The fraction of sp³-hybridized carbons (Fsp3) is 0.333. The lowest BCUT2D eigenvalue weighted by Gasteiger charge is -2.12. The second kappa shape index (κ2) is 5.29. The standard InChI is InChI=1S/C12H13ClN2O2/c13-10-5-6-12(15(16)17)9(7-10)8-14-11-3-1-2-4-11/h1-2,5-7,11,14H,3-4,8H2. The molecule has 1 aromatic carbocycles. The monoisotopic (exact) mass is 252 g/mol. The summed E-state index contributed by atoms with van der Waals surface area (Å²) in [6.07, 6.45) is 6.19. The quantitative estimate of drug-likeness (QED) is 0.509. The summed E-state index contributed by atoms with van der Waals surface area (Å²) in [6, 6.07) is 5.02. The Balaban J connectivity index is 2.07. The Labute approximate surface area is 104 Å². The van der Waals surface area contributed by atoms with Crippen LogP contribution in [-0.2, 0) is 6.54 Å². The maximum Gasteiger partial charge on any atom is 0.273 e. The Bertz CT molecular complexity index is 452. The van der Waals surface area contributed by atoms with E-state index in [1.165, 1.54) is 6.07 Å². The summed E-state index contributed by atoms with van der Waals surface area (Å²) in [7, 11) is 0. The van der Waals surface area contributed by atoms with Crippen molar-refractivity contribution in [3.8, 4) is 0 Å². The first-order chi connectivity index (χ1) is 8.16. The van der Waals surface area contributed by atoms with Crippen LogP contribution in [0.15, 0.2) is 30.4 Å². The molecule has 0 spiro atoms. The molecule has 0 aromatic heterocycles. The van der Waals surface area contributed by atoms with Gasteiger partial charge in [0, 0.05) is 29.2 Å². The van der Waals surface area contributed by atoms with Crippen LogP contribution in [0, 0.1) is 10.1 Å². The third kappa shape index (κ3) is 3.05. The molecule has 0 bridgehead atoms. The normalized spacial score (nSPS) is 15.4. The third-order valence-electron chi connectivity index (χ3n) is 2.83. The predicted octanol–water partition coefficient (Wildman–Crippen LogP) is 3.06. The average Bonchev–Trinajstić information content (AvgIpc) is 2.78. The van der Waals surface area contributed by atoms with Crippen LogP contribution in [0.5, 0.6) is 0 Å². The highest BCUT2D eigenvalue weighted by Crippen LogP contribution is 2.23. The van der Waals surface area contributed by atoms with Crippen molar-refractivity contribution in [3.63, 3.8) is 0 Å². The Morgan fingerprint density at radius 1 is 1.41 bits per heavy atom. The number of nitrogens with one attached hydrogen (secondary N) is 1. The molecule has 0 unspecified atom stereocenters. The maximum absolute atomic E-state index is 10.9. The molecule has 0 saturated heterocycles. The van der Waals surface area contributed by atoms with Gasteiger partial charge < -0.3 is 5.32 Å². The largest absolute Gasteiger partial charge is 0.309 e. The smallest absolute Gasteiger partial charge is 0.273 e. The van der Waals surface area contributed by atoms with Gasteiger partial charge in [0.2, 0.25) is 0 Å². The van der Waals surface area contributed by atoms with Crippen LogP contribution < -0.4 is 5.32 Å². The highest BCUT2D eigenvalue weighted by atomic mass is 35.5. The Morgan fingerprint density at radius 2 is 2.12 bits per heavy atom. The molecule has 5 heteroatoms. The van der Waals surface area contributed by atoms with Crippen molar-refractivity contribution in [2.45, 2.75) is 25.4 Å². The SMILES string of the molecule is O=[N+]([O-])c1ccc(Cl)cc1CNC1CC=CC1. The Kier molecular flexibility index (Phi) is 3.76. The number of nitrogens with zero attached hydrogens (tertiary/aromatic N) is 1. The number of hydrogen-bond acceptors (Lipinski definition) is 3. The van der Waals surface area contributed by atoms with Crippen molar-refractivity contribution in [2.24, 2.45) is 0 Å². The molecule has 0 aliphatic heterocycles. The second-order valence-electron chi connectivity index (χ2n) is 4.05. The van der Waals surface area contributed by atoms with Gasteiger partial charge in [-0.3, -0.25) is 10.1 Å². The van der Waals surface area contributed by atoms with Crippen LogP contribution in [0.25, 0.3) is 0 Å². The molecule has 0 atom stereocenters. The number of nitro benzene ring substituents is 1. The van der Waals surface area contributed by atoms with Gasteiger partial charge in [0.25, 0.3) is 5.69 Å². The second-order valence-corrected chi connectivity index (χ2v) is 4.49. The molecule has 0 heterocycles. The van der Waals surface area contributed by atoms with Crippen molar-refractivity contribution < 1.29 is 4.92 Å². The van der Waals surface area contributed by atoms with Gasteiger partial charge in [-0.25, -0.2) is 0 Å². The van der Waals surface area contributed by atoms with E-state index in [1.54, 1.807) is 12.1 Å². The Hall–Kier alpha value is -1.39. The summed E-state index contributed by atoms with van der Waals surface area (Å²) in [6.45, 7) is 0.475. The van der Waals surface area contributed by atoms with Crippen LogP contribution in [0.2, 0.25) is 5.02 Å². The first kappa shape index (κ1) is 12.1. The lowest BCUT2D eigenvalue weighted by molar-refractivity contribution is -0.385. The van der Waals surface area contributed by atoms with E-state index in [2.05, 4.69) is 17.5 Å². The highest BCUT2D eigenvalue weighted by molar-refractivity contribution is 6.30. The van der Waals surface area contributed by atoms with Crippen molar-refractivity contribution in [3.05, 3.63) is 51.1 Å². The van der Waals surface area contributed by atoms with E-state index in [-0.39, 0.29) is 10.6 Å². The number of halogens is 1. The third-order valence-corrected chi connectivity index (χ3v) is 3.06. The predicted molar refractivity (Wildman–Crippen MR) is 67.1 cm³/mol. The highest BCUT2D eigenvalue weighted by Gasteiger charge is 2.16. The van der Waals surface area contributed by atoms with E-state index in [0.717, 1.165) is 12.8 Å². The lowest BCUT2D eigenvalue weighted by Crippen LogP contribution is -2.25. The summed E-state index contributed by atoms with van der Waals surface area (Å²) < 4.78 is 0. The van der Waals surface area contributed by atoms with Gasteiger partial charge >= 0.3 is 0 Å². The van der Waals surface area contributed by atoms with E-state index in [1.807, 2.05) is 0 Å². The van der Waals surface area contributed by atoms with Gasteiger partial charge in [-0.05, 0) is 25.0 Å². The van der Waals surface area contributed by atoms with E-state index in [0.29, 0.717) is 23.2 Å². The number of hydrogen-bond donors (Lipinski definition) is 1. The number of nitro groups is 1. The van der Waals surface area contributed by atoms with Crippen LogP contribution >= 0.6 is 11.6 Å². The zero-order valence-corrected chi connectivity index (χ0v) is 9.98. The fourth-order valence-corrected chi connectivity index (χ4v) is 2.11. The summed E-state index contributed by atoms with van der Waals surface area (Å²) >= 11 is 5.85. The zero-order valence-electron chi connectivity index (χ0n) is 9.23. The van der Waals surface area contributed by atoms with Gasteiger partial charge in [-0.2, -0.15) is 0 Å². The van der Waals surface area contributed by atoms with E-state index in [9.17, 15) is 10.1 Å². The van der Waals surface area contributed by atoms with Gasteiger partial charge in [0.15, 0.2) is 0 Å². The summed E-state index contributed by atoms with van der Waals surface area (Å²) in [4.78, 5) is 10.5. The van der Waals surface area contributed by atoms with Gasteiger partial charge in [-0.15, -0.1) is 0 Å². The minimum absolute atomic E-state index is 0.118. The first-order valence-electron chi connectivity index (χ1n) is 5.48. The number of benzene rings is 1. The van der Waals surface area contributed by atoms with E-state index >= 15 is 0 Å². The van der Waals surface area contributed by atoms with Crippen LogP contribution in [0.1, 0.15) is 18.4 Å². The van der Waals surface area contributed by atoms with Crippen molar-refractivity contribution in [1.29, 1.82) is 0 Å².